The topological polar surface area (TPSA) is 78.9 Å². The largest absolute Gasteiger partial charge is 0.390 e. The maximum absolute atomic E-state index is 13.4. The maximum atomic E-state index is 13.4. The highest BCUT2D eigenvalue weighted by Gasteiger charge is 2.61. The zero-order valence-corrected chi connectivity index (χ0v) is 20.0. The van der Waals surface area contributed by atoms with Crippen LogP contribution in [0.2, 0.25) is 0 Å². The number of fused-ring (bicyclic) bond motifs is 5. The zero-order chi connectivity index (χ0) is 22.7. The van der Waals surface area contributed by atoms with Gasteiger partial charge in [-0.05, 0) is 99.2 Å². The Labute approximate surface area is 192 Å². The molecule has 1 N–H and O–H groups in total. The lowest BCUT2D eigenvalue weighted by atomic mass is 9.46. The number of Topliss-reactive ketones (excluding diaryl/α,β-unsaturated/α-hetero) is 1. The smallest absolute Gasteiger partial charge is 0.157 e. The van der Waals surface area contributed by atoms with Crippen molar-refractivity contribution >= 4 is 5.78 Å². The van der Waals surface area contributed by atoms with Crippen LogP contribution in [0.4, 0.5) is 0 Å². The molecule has 4 aliphatic carbocycles. The molecule has 4 fully saturated rings. The molecule has 32 heavy (non-hydrogen) atoms. The summed E-state index contributed by atoms with van der Waals surface area (Å²) < 4.78 is 1.65. The number of ketones is 1. The third kappa shape index (κ3) is 3.45. The summed E-state index contributed by atoms with van der Waals surface area (Å²) in [5.41, 5.74) is 0.459. The SMILES string of the molecule is C[C@@]1(O)CCC[C@@]2(C)[C@@H](CC[C@@H]3[C@@H]2CC[C@]2(C)[C@@H](C(=O)Cn4cc(C#N)cn4)CC[C@@H]32)C1. The number of aliphatic hydroxyl groups is 1. The molecule has 1 aromatic rings. The molecule has 8 atom stereocenters. The molecule has 0 unspecified atom stereocenters. The van der Waals surface area contributed by atoms with Gasteiger partial charge in [0.05, 0.1) is 23.9 Å². The fourth-order valence-electron chi connectivity index (χ4n) is 9.05. The number of hydrogen-bond donors (Lipinski definition) is 1. The fraction of sp³-hybridized carbons (Fsp3) is 0.815. The second-order valence-corrected chi connectivity index (χ2v) is 12.4. The van der Waals surface area contributed by atoms with Crippen LogP contribution in [0.5, 0.6) is 0 Å². The van der Waals surface area contributed by atoms with E-state index in [0.717, 1.165) is 43.9 Å². The normalized spacial score (nSPS) is 45.8. The molecule has 0 aliphatic heterocycles. The standard InChI is InChI=1S/C27H39N3O2/c1-25(32)10-4-11-26(2)19(13-25)5-6-20-21-7-8-23(27(21,3)12-9-22(20)26)24(31)17-30-16-18(14-28)15-29-30/h15-16,19-23,32H,4-13,17H2,1-3H3/t19-,20-,21-,22-,23+,25+,26-,27-/m0/s1. The van der Waals surface area contributed by atoms with Crippen LogP contribution in [0.25, 0.3) is 0 Å². The summed E-state index contributed by atoms with van der Waals surface area (Å²) in [5.74, 6) is 3.16. The van der Waals surface area contributed by atoms with Crippen molar-refractivity contribution in [3.05, 3.63) is 18.0 Å². The fourth-order valence-corrected chi connectivity index (χ4v) is 9.05. The molecule has 1 heterocycles. The van der Waals surface area contributed by atoms with E-state index in [0.29, 0.717) is 28.6 Å². The average Bonchev–Trinajstić information content (AvgIpc) is 3.30. The summed E-state index contributed by atoms with van der Waals surface area (Å²) in [5, 5.41) is 24.1. The summed E-state index contributed by atoms with van der Waals surface area (Å²) in [6, 6.07) is 2.10. The second kappa shape index (κ2) is 7.69. The van der Waals surface area contributed by atoms with Gasteiger partial charge < -0.3 is 5.11 Å². The van der Waals surface area contributed by atoms with E-state index in [9.17, 15) is 9.90 Å². The van der Waals surface area contributed by atoms with E-state index in [4.69, 9.17) is 5.26 Å². The van der Waals surface area contributed by atoms with E-state index in [1.54, 1.807) is 17.1 Å². The number of nitriles is 1. The highest BCUT2D eigenvalue weighted by Crippen LogP contribution is 2.67. The minimum atomic E-state index is -0.499. The summed E-state index contributed by atoms with van der Waals surface area (Å²) in [4.78, 5) is 13.4. The molecule has 4 aliphatic rings. The third-order valence-electron chi connectivity index (χ3n) is 10.7. The van der Waals surface area contributed by atoms with Crippen LogP contribution in [0, 0.1) is 51.8 Å². The van der Waals surface area contributed by atoms with Crippen LogP contribution in [-0.2, 0) is 11.3 Å². The van der Waals surface area contributed by atoms with Crippen molar-refractivity contribution in [3.63, 3.8) is 0 Å². The molecule has 1 aromatic heterocycles. The van der Waals surface area contributed by atoms with Crippen molar-refractivity contribution in [1.82, 2.24) is 9.78 Å². The Bertz CT molecular complexity index is 930. The first kappa shape index (κ1) is 22.1. The molecule has 0 spiro atoms. The Morgan fingerprint density at radius 1 is 1.12 bits per heavy atom. The minimum absolute atomic E-state index is 0.100. The average molecular weight is 438 g/mol. The van der Waals surface area contributed by atoms with Crippen LogP contribution in [0.15, 0.2) is 12.4 Å². The Morgan fingerprint density at radius 3 is 2.66 bits per heavy atom. The first-order valence-corrected chi connectivity index (χ1v) is 12.8. The van der Waals surface area contributed by atoms with Crippen LogP contribution in [-0.4, -0.2) is 26.3 Å². The van der Waals surface area contributed by atoms with E-state index in [1.165, 1.54) is 32.1 Å². The number of carbonyl (C=O) groups is 1. The Hall–Kier alpha value is -1.67. The molecule has 0 aromatic carbocycles. The summed E-state index contributed by atoms with van der Waals surface area (Å²) in [7, 11) is 0. The second-order valence-electron chi connectivity index (χ2n) is 12.4. The van der Waals surface area contributed by atoms with E-state index < -0.39 is 5.60 Å². The maximum Gasteiger partial charge on any atom is 0.157 e. The van der Waals surface area contributed by atoms with Gasteiger partial charge in [-0.2, -0.15) is 10.4 Å². The van der Waals surface area contributed by atoms with Crippen LogP contribution >= 0.6 is 0 Å². The monoisotopic (exact) mass is 437 g/mol. The first-order chi connectivity index (χ1) is 15.2. The highest BCUT2D eigenvalue weighted by molar-refractivity contribution is 5.82. The minimum Gasteiger partial charge on any atom is -0.390 e. The molecule has 0 amide bonds. The van der Waals surface area contributed by atoms with Crippen molar-refractivity contribution in [2.24, 2.45) is 40.4 Å². The molecule has 5 nitrogen and oxygen atoms in total. The lowest BCUT2D eigenvalue weighted by molar-refractivity contribution is -0.135. The van der Waals surface area contributed by atoms with Gasteiger partial charge in [-0.15, -0.1) is 0 Å². The van der Waals surface area contributed by atoms with E-state index in [-0.39, 0.29) is 17.9 Å². The van der Waals surface area contributed by atoms with Gasteiger partial charge in [-0.3, -0.25) is 9.48 Å². The first-order valence-electron chi connectivity index (χ1n) is 12.8. The van der Waals surface area contributed by atoms with Gasteiger partial charge in [0.25, 0.3) is 0 Å². The van der Waals surface area contributed by atoms with Gasteiger partial charge >= 0.3 is 0 Å². The van der Waals surface area contributed by atoms with Gasteiger partial charge in [0.1, 0.15) is 6.07 Å². The van der Waals surface area contributed by atoms with Gasteiger partial charge in [0.15, 0.2) is 5.78 Å². The molecule has 174 valence electrons. The van der Waals surface area contributed by atoms with Gasteiger partial charge in [0.2, 0.25) is 0 Å². The highest BCUT2D eigenvalue weighted by atomic mass is 16.3. The predicted octanol–water partition coefficient (Wildman–Crippen LogP) is 5.12. The van der Waals surface area contributed by atoms with Crippen molar-refractivity contribution in [1.29, 1.82) is 5.26 Å². The van der Waals surface area contributed by atoms with E-state index >= 15 is 0 Å². The van der Waals surface area contributed by atoms with Crippen LogP contribution in [0.3, 0.4) is 0 Å². The van der Waals surface area contributed by atoms with Crippen LogP contribution in [0.1, 0.15) is 90.5 Å². The van der Waals surface area contributed by atoms with Crippen molar-refractivity contribution in [2.45, 2.75) is 97.1 Å². The Kier molecular flexibility index (Phi) is 5.32. The van der Waals surface area contributed by atoms with Crippen molar-refractivity contribution in [2.75, 3.05) is 0 Å². The Balaban J connectivity index is 1.34. The molecule has 5 rings (SSSR count). The third-order valence-corrected chi connectivity index (χ3v) is 10.7. The molecular weight excluding hydrogens is 398 g/mol. The number of carbonyl (C=O) groups excluding carboxylic acids is 1. The van der Waals surface area contributed by atoms with Gasteiger partial charge in [-0.25, -0.2) is 0 Å². The number of hydrogen-bond acceptors (Lipinski definition) is 4. The van der Waals surface area contributed by atoms with Gasteiger partial charge in [0, 0.05) is 12.1 Å². The van der Waals surface area contributed by atoms with Crippen molar-refractivity contribution in [3.8, 4) is 6.07 Å². The van der Waals surface area contributed by atoms with Crippen molar-refractivity contribution < 1.29 is 9.90 Å². The molecule has 4 saturated carbocycles. The van der Waals surface area contributed by atoms with E-state index in [2.05, 4.69) is 31.9 Å². The lowest BCUT2D eigenvalue weighted by Crippen LogP contribution is -2.52. The molecular formula is C27H39N3O2. The predicted molar refractivity (Wildman–Crippen MR) is 122 cm³/mol. The van der Waals surface area contributed by atoms with Crippen LogP contribution < -0.4 is 0 Å². The lowest BCUT2D eigenvalue weighted by Gasteiger charge is -2.59. The number of aromatic nitrogens is 2. The summed E-state index contributed by atoms with van der Waals surface area (Å²) in [6.07, 6.45) is 14.6. The van der Waals surface area contributed by atoms with E-state index in [1.807, 2.05) is 0 Å². The summed E-state index contributed by atoms with van der Waals surface area (Å²) >= 11 is 0. The number of nitrogens with zero attached hydrogens (tertiary/aromatic N) is 3. The molecule has 0 radical (unpaired) electrons. The zero-order valence-electron chi connectivity index (χ0n) is 20.0. The molecule has 5 heteroatoms. The number of rotatable bonds is 3. The quantitative estimate of drug-likeness (QED) is 0.711. The molecule has 0 bridgehead atoms. The molecule has 0 saturated heterocycles. The Morgan fingerprint density at radius 2 is 1.91 bits per heavy atom. The van der Waals surface area contributed by atoms with Gasteiger partial charge in [-0.1, -0.05) is 20.3 Å². The summed E-state index contributed by atoms with van der Waals surface area (Å²) in [6.45, 7) is 7.28.